The predicted molar refractivity (Wildman–Crippen MR) is 106 cm³/mol. The molecule has 9 nitrogen and oxygen atoms in total. The molecule has 0 spiro atoms. The van der Waals surface area contributed by atoms with Gasteiger partial charge in [0.05, 0.1) is 4.91 Å². The molecular formula is C19H25N6O3+. The first-order chi connectivity index (χ1) is 13.5. The summed E-state index contributed by atoms with van der Waals surface area (Å²) in [7, 11) is 1.30. The Labute approximate surface area is 163 Å². The van der Waals surface area contributed by atoms with Gasteiger partial charge in [0.1, 0.15) is 5.82 Å². The molecule has 1 amide bonds. The SMILES string of the molecule is CCNc1nc(C)cc(N2CCN(C(=O)c3ccc([N+](=O)OC)cc3)CC2)n1. The van der Waals surface area contributed by atoms with Crippen molar-refractivity contribution < 1.29 is 14.6 Å². The van der Waals surface area contributed by atoms with Crippen molar-refractivity contribution in [1.29, 1.82) is 0 Å². The highest BCUT2D eigenvalue weighted by atomic mass is 16.8. The number of nitrogens with one attached hydrogen (secondary N) is 1. The maximum absolute atomic E-state index is 12.7. The van der Waals surface area contributed by atoms with Gasteiger partial charge in [-0.15, -0.1) is 0 Å². The standard InChI is InChI=1S/C19H25N6O3/c1-4-20-19-21-14(2)13-17(22-19)23-9-11-24(12-10-23)18(26)15-5-7-16(8-6-15)25(27)28-3/h5-8,13H,4,9-12H2,1-3H3,(H,20,21,22)/q+1. The Morgan fingerprint density at radius 1 is 1.18 bits per heavy atom. The van der Waals surface area contributed by atoms with Gasteiger partial charge in [0.15, 0.2) is 7.11 Å². The van der Waals surface area contributed by atoms with E-state index in [2.05, 4.69) is 25.0 Å². The van der Waals surface area contributed by atoms with Gasteiger partial charge in [0.25, 0.3) is 10.8 Å². The zero-order valence-corrected chi connectivity index (χ0v) is 16.4. The van der Waals surface area contributed by atoms with Gasteiger partial charge in [-0.1, -0.05) is 0 Å². The summed E-state index contributed by atoms with van der Waals surface area (Å²) < 4.78 is 0. The van der Waals surface area contributed by atoms with Crippen LogP contribution >= 0.6 is 0 Å². The Morgan fingerprint density at radius 3 is 2.46 bits per heavy atom. The molecule has 1 aromatic carbocycles. The number of carbonyl (C=O) groups is 1. The van der Waals surface area contributed by atoms with Gasteiger partial charge in [0, 0.05) is 62.2 Å². The van der Waals surface area contributed by atoms with Crippen molar-refractivity contribution in [2.24, 2.45) is 0 Å². The summed E-state index contributed by atoms with van der Waals surface area (Å²) in [5, 5.41) is 3.14. The van der Waals surface area contributed by atoms with Crippen LogP contribution in [0.3, 0.4) is 0 Å². The zero-order valence-electron chi connectivity index (χ0n) is 16.4. The number of benzene rings is 1. The number of rotatable bonds is 6. The molecule has 148 valence electrons. The normalized spacial score (nSPS) is 14.0. The van der Waals surface area contributed by atoms with Crippen LogP contribution in [-0.2, 0) is 4.84 Å². The van der Waals surface area contributed by atoms with E-state index in [1.165, 1.54) is 7.11 Å². The lowest BCUT2D eigenvalue weighted by molar-refractivity contribution is -0.736. The second kappa shape index (κ2) is 8.64. The van der Waals surface area contributed by atoms with Gasteiger partial charge >= 0.3 is 5.69 Å². The first-order valence-corrected chi connectivity index (χ1v) is 9.27. The van der Waals surface area contributed by atoms with E-state index in [0.29, 0.717) is 48.3 Å². The van der Waals surface area contributed by atoms with Gasteiger partial charge in [-0.2, -0.15) is 4.98 Å². The fraction of sp³-hybridized carbons (Fsp3) is 0.421. The van der Waals surface area contributed by atoms with Gasteiger partial charge in [0.2, 0.25) is 5.95 Å². The second-order valence-corrected chi connectivity index (χ2v) is 6.49. The van der Waals surface area contributed by atoms with Gasteiger partial charge in [-0.25, -0.2) is 9.82 Å². The molecule has 0 radical (unpaired) electrons. The molecule has 9 heteroatoms. The second-order valence-electron chi connectivity index (χ2n) is 6.49. The van der Waals surface area contributed by atoms with Gasteiger partial charge in [-0.05, 0) is 26.0 Å². The average molecular weight is 385 g/mol. The third-order valence-corrected chi connectivity index (χ3v) is 4.56. The number of anilines is 2. The fourth-order valence-corrected chi connectivity index (χ4v) is 3.10. The molecule has 1 aliphatic rings. The van der Waals surface area contributed by atoms with Crippen molar-refractivity contribution >= 4 is 23.4 Å². The largest absolute Gasteiger partial charge is 0.354 e. The van der Waals surface area contributed by atoms with Crippen molar-refractivity contribution in [2.45, 2.75) is 13.8 Å². The Morgan fingerprint density at radius 2 is 1.86 bits per heavy atom. The minimum Gasteiger partial charge on any atom is -0.354 e. The van der Waals surface area contributed by atoms with E-state index in [-0.39, 0.29) is 5.91 Å². The minimum absolute atomic E-state index is 0.0479. The van der Waals surface area contributed by atoms with Crippen molar-refractivity contribution in [3.63, 3.8) is 0 Å². The molecule has 1 aromatic heterocycles. The first kappa shape index (κ1) is 19.5. The summed E-state index contributed by atoms with van der Waals surface area (Å²) in [5.74, 6) is 1.45. The van der Waals surface area contributed by atoms with E-state index in [9.17, 15) is 9.70 Å². The molecular weight excluding hydrogens is 360 g/mol. The van der Waals surface area contributed by atoms with Crippen LogP contribution in [0.4, 0.5) is 17.5 Å². The smallest absolute Gasteiger partial charge is 0.316 e. The number of carbonyl (C=O) groups excluding carboxylic acids is 1. The van der Waals surface area contributed by atoms with E-state index in [0.717, 1.165) is 18.1 Å². The topological polar surface area (TPSA) is 90.7 Å². The summed E-state index contributed by atoms with van der Waals surface area (Å²) >= 11 is 0. The lowest BCUT2D eigenvalue weighted by Crippen LogP contribution is -2.49. The highest BCUT2D eigenvalue weighted by Crippen LogP contribution is 2.19. The molecule has 0 bridgehead atoms. The number of aromatic nitrogens is 2. The number of piperazine rings is 1. The summed E-state index contributed by atoms with van der Waals surface area (Å²) in [5.41, 5.74) is 1.80. The monoisotopic (exact) mass is 385 g/mol. The van der Waals surface area contributed by atoms with Crippen molar-refractivity contribution in [1.82, 2.24) is 14.9 Å². The average Bonchev–Trinajstić information content (AvgIpc) is 2.72. The molecule has 1 fully saturated rings. The molecule has 1 N–H and O–H groups in total. The number of nitrogens with zero attached hydrogens (tertiary/aromatic N) is 5. The molecule has 1 saturated heterocycles. The molecule has 3 rings (SSSR count). The van der Waals surface area contributed by atoms with Crippen LogP contribution in [0.25, 0.3) is 0 Å². The fourth-order valence-electron chi connectivity index (χ4n) is 3.10. The van der Waals surface area contributed by atoms with Crippen molar-refractivity contribution in [3.05, 3.63) is 46.5 Å². The number of aryl methyl sites for hydroxylation is 1. The summed E-state index contributed by atoms with van der Waals surface area (Å²) in [6.45, 7) is 7.32. The molecule has 28 heavy (non-hydrogen) atoms. The van der Waals surface area contributed by atoms with E-state index >= 15 is 0 Å². The molecule has 0 unspecified atom stereocenters. The van der Waals surface area contributed by atoms with Crippen molar-refractivity contribution in [2.75, 3.05) is 50.1 Å². The summed E-state index contributed by atoms with van der Waals surface area (Å²) in [4.78, 5) is 42.1. The van der Waals surface area contributed by atoms with Crippen LogP contribution < -0.4 is 10.2 Å². The van der Waals surface area contributed by atoms with Crippen LogP contribution in [0.1, 0.15) is 23.0 Å². The first-order valence-electron chi connectivity index (χ1n) is 9.27. The number of hydrogen-bond donors (Lipinski definition) is 1. The Kier molecular flexibility index (Phi) is 6.03. The maximum atomic E-state index is 12.7. The van der Waals surface area contributed by atoms with Crippen LogP contribution in [-0.4, -0.2) is 65.5 Å². The van der Waals surface area contributed by atoms with E-state index < -0.39 is 0 Å². The summed E-state index contributed by atoms with van der Waals surface area (Å²) in [6, 6.07) is 8.40. The Hall–Kier alpha value is -3.23. The lowest BCUT2D eigenvalue weighted by Gasteiger charge is -2.35. The number of hydrogen-bond acceptors (Lipinski definition) is 7. The zero-order chi connectivity index (χ0) is 20.1. The molecule has 2 aromatic rings. The lowest BCUT2D eigenvalue weighted by atomic mass is 10.1. The van der Waals surface area contributed by atoms with Crippen LogP contribution in [0, 0.1) is 11.8 Å². The third-order valence-electron chi connectivity index (χ3n) is 4.56. The van der Waals surface area contributed by atoms with Crippen LogP contribution in [0.2, 0.25) is 0 Å². The van der Waals surface area contributed by atoms with E-state index in [1.807, 2.05) is 24.8 Å². The predicted octanol–water partition coefficient (Wildman–Crippen LogP) is 2.15. The molecule has 1 aliphatic heterocycles. The van der Waals surface area contributed by atoms with Crippen molar-refractivity contribution in [3.8, 4) is 0 Å². The van der Waals surface area contributed by atoms with Crippen LogP contribution in [0.15, 0.2) is 30.3 Å². The Balaban J connectivity index is 1.63. The van der Waals surface area contributed by atoms with Crippen LogP contribution in [0.5, 0.6) is 0 Å². The molecule has 0 atom stereocenters. The highest BCUT2D eigenvalue weighted by molar-refractivity contribution is 5.94. The van der Waals surface area contributed by atoms with E-state index in [4.69, 9.17) is 0 Å². The summed E-state index contributed by atoms with van der Waals surface area (Å²) in [6.07, 6.45) is 0. The molecule has 2 heterocycles. The third kappa shape index (κ3) is 4.36. The quantitative estimate of drug-likeness (QED) is 0.762. The van der Waals surface area contributed by atoms with Gasteiger partial charge < -0.3 is 15.1 Å². The number of amides is 1. The highest BCUT2D eigenvalue weighted by Gasteiger charge is 2.24. The maximum Gasteiger partial charge on any atom is 0.316 e. The molecule has 0 aliphatic carbocycles. The van der Waals surface area contributed by atoms with E-state index in [1.54, 1.807) is 24.3 Å². The van der Waals surface area contributed by atoms with Gasteiger partial charge in [-0.3, -0.25) is 4.79 Å². The Bertz CT molecular complexity index is 847. The minimum atomic E-state index is -0.0479. The molecule has 0 saturated carbocycles.